The van der Waals surface area contributed by atoms with Crippen molar-refractivity contribution in [1.29, 1.82) is 0 Å². The number of hydrogen-bond acceptors (Lipinski definition) is 4. The minimum atomic E-state index is 0.728. The van der Waals surface area contributed by atoms with Crippen molar-refractivity contribution in [3.05, 3.63) is 53.2 Å². The lowest BCUT2D eigenvalue weighted by Gasteiger charge is -2.09. The van der Waals surface area contributed by atoms with E-state index in [-0.39, 0.29) is 0 Å². The van der Waals surface area contributed by atoms with Gasteiger partial charge < -0.3 is 5.32 Å². The van der Waals surface area contributed by atoms with Gasteiger partial charge in [-0.2, -0.15) is 0 Å². The molecule has 4 nitrogen and oxygen atoms in total. The van der Waals surface area contributed by atoms with E-state index in [1.54, 1.807) is 11.8 Å². The monoisotopic (exact) mass is 318 g/mol. The lowest BCUT2D eigenvalue weighted by atomic mass is 10.2. The van der Waals surface area contributed by atoms with Crippen molar-refractivity contribution >= 4 is 29.0 Å². The lowest BCUT2D eigenvalue weighted by molar-refractivity contribution is 0.717. The van der Waals surface area contributed by atoms with Gasteiger partial charge in [-0.15, -0.1) is 10.2 Å². The number of nitrogens with zero attached hydrogens (tertiary/aromatic N) is 3. The van der Waals surface area contributed by atoms with Crippen molar-refractivity contribution in [3.8, 4) is 0 Å². The maximum atomic E-state index is 6.13. The highest BCUT2D eigenvalue weighted by Gasteiger charge is 2.10. The summed E-state index contributed by atoms with van der Waals surface area (Å²) in [5.41, 5.74) is 2.05. The number of aromatic nitrogens is 3. The average Bonchev–Trinajstić information content (AvgIpc) is 2.90. The fraction of sp³-hybridized carbons (Fsp3) is 0.200. The van der Waals surface area contributed by atoms with Gasteiger partial charge in [-0.25, -0.2) is 0 Å². The van der Waals surface area contributed by atoms with Gasteiger partial charge >= 0.3 is 0 Å². The molecule has 0 unspecified atom stereocenters. The molecule has 6 heteroatoms. The summed E-state index contributed by atoms with van der Waals surface area (Å²) in [5.74, 6) is 0. The predicted octanol–water partition coefficient (Wildman–Crippen LogP) is 3.64. The largest absolute Gasteiger partial charge is 0.313 e. The highest BCUT2D eigenvalue weighted by atomic mass is 35.5. The summed E-state index contributed by atoms with van der Waals surface area (Å²) < 4.78 is 1.97. The summed E-state index contributed by atoms with van der Waals surface area (Å²) in [6.45, 7) is 3.84. The molecule has 0 amide bonds. The maximum Gasteiger partial charge on any atom is 0.200 e. The molecule has 2 aromatic heterocycles. The summed E-state index contributed by atoms with van der Waals surface area (Å²) in [4.78, 5) is 1.10. The van der Waals surface area contributed by atoms with Crippen molar-refractivity contribution in [2.75, 3.05) is 6.54 Å². The first-order valence-corrected chi connectivity index (χ1v) is 7.94. The Morgan fingerprint density at radius 1 is 1.24 bits per heavy atom. The number of fused-ring (bicyclic) bond motifs is 1. The van der Waals surface area contributed by atoms with Crippen LogP contribution in [0.1, 0.15) is 12.5 Å². The van der Waals surface area contributed by atoms with E-state index >= 15 is 0 Å². The Bertz CT molecular complexity index is 756. The van der Waals surface area contributed by atoms with Crippen LogP contribution in [0.25, 0.3) is 5.65 Å². The fourth-order valence-corrected chi connectivity index (χ4v) is 3.24. The van der Waals surface area contributed by atoms with Crippen LogP contribution in [0.5, 0.6) is 0 Å². The number of nitrogens with one attached hydrogen (secondary N) is 1. The van der Waals surface area contributed by atoms with Crippen LogP contribution >= 0.6 is 23.4 Å². The minimum absolute atomic E-state index is 0.728. The first-order chi connectivity index (χ1) is 10.3. The molecular weight excluding hydrogens is 304 g/mol. The summed E-state index contributed by atoms with van der Waals surface area (Å²) >= 11 is 7.71. The van der Waals surface area contributed by atoms with Gasteiger partial charge in [0.2, 0.25) is 0 Å². The molecule has 1 N–H and O–H groups in total. The minimum Gasteiger partial charge on any atom is -0.313 e. The average molecular weight is 319 g/mol. The molecule has 0 saturated carbocycles. The molecule has 3 aromatic rings. The highest BCUT2D eigenvalue weighted by molar-refractivity contribution is 7.99. The Kier molecular flexibility index (Phi) is 4.43. The molecular formula is C15H15ClN4S. The van der Waals surface area contributed by atoms with Crippen molar-refractivity contribution in [3.63, 3.8) is 0 Å². The third-order valence-electron chi connectivity index (χ3n) is 3.08. The molecule has 108 valence electrons. The normalized spacial score (nSPS) is 11.1. The molecule has 2 heterocycles. The zero-order valence-corrected chi connectivity index (χ0v) is 13.2. The first-order valence-electron chi connectivity index (χ1n) is 6.74. The predicted molar refractivity (Wildman–Crippen MR) is 85.9 cm³/mol. The van der Waals surface area contributed by atoms with Gasteiger partial charge in [0, 0.05) is 22.7 Å². The van der Waals surface area contributed by atoms with Gasteiger partial charge in [0.1, 0.15) is 0 Å². The maximum absolute atomic E-state index is 6.13. The lowest BCUT2D eigenvalue weighted by Crippen LogP contribution is -2.12. The van der Waals surface area contributed by atoms with Crippen molar-refractivity contribution < 1.29 is 0 Å². The molecule has 0 fully saturated rings. The number of benzene rings is 1. The molecule has 0 aliphatic heterocycles. The van der Waals surface area contributed by atoms with Crippen molar-refractivity contribution in [1.82, 2.24) is 19.9 Å². The van der Waals surface area contributed by atoms with Gasteiger partial charge in [0.15, 0.2) is 10.8 Å². The third-order valence-corrected chi connectivity index (χ3v) is 4.37. The highest BCUT2D eigenvalue weighted by Crippen LogP contribution is 2.31. The van der Waals surface area contributed by atoms with Gasteiger partial charge in [0.05, 0.1) is 0 Å². The molecule has 1 aromatic carbocycles. The summed E-state index contributed by atoms with van der Waals surface area (Å²) in [6.07, 6.45) is 1.96. The van der Waals surface area contributed by atoms with Crippen LogP contribution in [0, 0.1) is 0 Å². The Morgan fingerprint density at radius 2 is 2.14 bits per heavy atom. The Labute approximate surface area is 132 Å². The molecule has 0 bridgehead atoms. The van der Waals surface area contributed by atoms with E-state index in [4.69, 9.17) is 11.6 Å². The zero-order chi connectivity index (χ0) is 14.7. The van der Waals surface area contributed by atoms with Crippen LogP contribution in [0.3, 0.4) is 0 Å². The molecule has 0 radical (unpaired) electrons. The first kappa shape index (κ1) is 14.4. The number of rotatable bonds is 5. The van der Waals surface area contributed by atoms with Crippen LogP contribution in [0.2, 0.25) is 5.02 Å². The molecule has 0 atom stereocenters. The smallest absolute Gasteiger partial charge is 0.200 e. The molecule has 3 rings (SSSR count). The van der Waals surface area contributed by atoms with Crippen LogP contribution in [0.4, 0.5) is 0 Å². The summed E-state index contributed by atoms with van der Waals surface area (Å²) in [7, 11) is 0. The zero-order valence-electron chi connectivity index (χ0n) is 11.6. The fourth-order valence-electron chi connectivity index (χ4n) is 2.02. The molecule has 0 spiro atoms. The van der Waals surface area contributed by atoms with E-state index < -0.39 is 0 Å². The van der Waals surface area contributed by atoms with Crippen LogP contribution < -0.4 is 5.32 Å². The second kappa shape index (κ2) is 6.47. The van der Waals surface area contributed by atoms with E-state index in [0.717, 1.165) is 33.8 Å². The van der Waals surface area contributed by atoms with Gasteiger partial charge in [0.25, 0.3) is 0 Å². The van der Waals surface area contributed by atoms with Crippen molar-refractivity contribution in [2.24, 2.45) is 0 Å². The summed E-state index contributed by atoms with van der Waals surface area (Å²) in [6, 6.07) is 11.8. The topological polar surface area (TPSA) is 42.2 Å². The Hall–Kier alpha value is -1.56. The standard InChI is InChI=1S/C15H15ClN4S/c1-2-17-10-11-6-7-12(16)9-13(11)21-15-19-18-14-5-3-4-8-20(14)15/h3-9,17H,2,10H2,1H3. The van der Waals surface area contributed by atoms with Gasteiger partial charge in [-0.3, -0.25) is 4.40 Å². The third kappa shape index (κ3) is 3.20. The second-order valence-corrected chi connectivity index (χ2v) is 5.99. The number of halogens is 1. The van der Waals surface area contributed by atoms with E-state index in [9.17, 15) is 0 Å². The molecule has 0 saturated heterocycles. The van der Waals surface area contributed by atoms with Gasteiger partial charge in [-0.1, -0.05) is 30.7 Å². The summed E-state index contributed by atoms with van der Waals surface area (Å²) in [5, 5.41) is 13.3. The second-order valence-electron chi connectivity index (χ2n) is 4.55. The SMILES string of the molecule is CCNCc1ccc(Cl)cc1Sc1nnc2ccccn12. The van der Waals surface area contributed by atoms with E-state index in [2.05, 4.69) is 28.5 Å². The van der Waals surface area contributed by atoms with E-state index in [0.29, 0.717) is 0 Å². The molecule has 21 heavy (non-hydrogen) atoms. The van der Waals surface area contributed by atoms with E-state index in [1.165, 1.54) is 5.56 Å². The molecule has 0 aliphatic carbocycles. The Morgan fingerprint density at radius 3 is 3.00 bits per heavy atom. The van der Waals surface area contributed by atoms with E-state index in [1.807, 2.05) is 40.9 Å². The number of pyridine rings is 1. The van der Waals surface area contributed by atoms with Crippen LogP contribution in [0.15, 0.2) is 52.6 Å². The van der Waals surface area contributed by atoms with Crippen LogP contribution in [-0.4, -0.2) is 21.1 Å². The Balaban J connectivity index is 1.95. The van der Waals surface area contributed by atoms with Gasteiger partial charge in [-0.05, 0) is 48.1 Å². The quantitative estimate of drug-likeness (QED) is 0.780. The molecule has 0 aliphatic rings. The number of hydrogen-bond donors (Lipinski definition) is 1. The van der Waals surface area contributed by atoms with Crippen molar-refractivity contribution in [2.45, 2.75) is 23.5 Å². The van der Waals surface area contributed by atoms with Crippen LogP contribution in [-0.2, 0) is 6.54 Å².